The number of hydrogen-bond acceptors (Lipinski definition) is 13. The number of hydrogen-bond donors (Lipinski definition) is 5. The summed E-state index contributed by atoms with van der Waals surface area (Å²) in [7, 11) is -6.12. The van der Waals surface area contributed by atoms with Crippen molar-refractivity contribution in [2.45, 2.75) is 93.4 Å². The van der Waals surface area contributed by atoms with Crippen LogP contribution in [0.2, 0.25) is 0 Å². The van der Waals surface area contributed by atoms with Crippen LogP contribution in [0.5, 0.6) is 0 Å². The van der Waals surface area contributed by atoms with Crippen molar-refractivity contribution >= 4 is 18.1 Å². The Morgan fingerprint density at radius 3 is 0.714 bits per heavy atom. The van der Waals surface area contributed by atoms with Crippen molar-refractivity contribution in [3.8, 4) is 0 Å². The molecule has 0 aromatic rings. The third-order valence-electron chi connectivity index (χ3n) is 4.61. The molecule has 15 heteroatoms. The van der Waals surface area contributed by atoms with Gasteiger partial charge in [-0.3, -0.25) is 0 Å². The molecular formula is C27H66O13Si2. The molecule has 0 fully saturated rings. The molecule has 0 bridgehead atoms. The quantitative estimate of drug-likeness (QED) is 0.0616. The van der Waals surface area contributed by atoms with Gasteiger partial charge in [0.25, 0.3) is 0 Å². The van der Waals surface area contributed by atoms with Gasteiger partial charge in [0, 0.05) is 85.9 Å². The number of rotatable bonds is 28. The second kappa shape index (κ2) is 38.9. The maximum Gasteiger partial charge on any atom is 0.679 e. The molecule has 0 aliphatic carbocycles. The summed E-state index contributed by atoms with van der Waals surface area (Å²) in [5.74, 6) is 0. The van der Waals surface area contributed by atoms with Crippen LogP contribution >= 0.6 is 0 Å². The van der Waals surface area contributed by atoms with E-state index < -0.39 is 18.1 Å². The van der Waals surface area contributed by atoms with E-state index in [1.807, 2.05) is 27.7 Å². The fourth-order valence-electron chi connectivity index (χ4n) is 2.85. The van der Waals surface area contributed by atoms with Gasteiger partial charge in [-0.15, -0.1) is 0 Å². The highest BCUT2D eigenvalue weighted by atomic mass is 28.4. The zero-order chi connectivity index (χ0) is 31.5. The van der Waals surface area contributed by atoms with Gasteiger partial charge in [-0.05, 0) is 86.0 Å². The van der Waals surface area contributed by atoms with E-state index in [1.165, 1.54) is 0 Å². The maximum absolute atomic E-state index is 8.89. The van der Waals surface area contributed by atoms with E-state index in [-0.39, 0.29) is 40.5 Å². The molecule has 0 aromatic carbocycles. The molecule has 42 heavy (non-hydrogen) atoms. The van der Waals surface area contributed by atoms with Crippen LogP contribution in [-0.2, 0) is 35.4 Å². The summed E-state index contributed by atoms with van der Waals surface area (Å²) in [4.78, 5) is 0. The van der Waals surface area contributed by atoms with Gasteiger partial charge >= 0.3 is 18.1 Å². The lowest BCUT2D eigenvalue weighted by Crippen LogP contribution is -2.50. The summed E-state index contributed by atoms with van der Waals surface area (Å²) in [5, 5.41) is 43.1. The van der Waals surface area contributed by atoms with Gasteiger partial charge in [-0.2, -0.15) is 0 Å². The first-order valence-electron chi connectivity index (χ1n) is 15.1. The fraction of sp³-hybridized carbons (Fsp3) is 1.00. The van der Waals surface area contributed by atoms with Gasteiger partial charge < -0.3 is 60.9 Å². The zero-order valence-corrected chi connectivity index (χ0v) is 28.4. The normalized spacial score (nSPS) is 11.3. The van der Waals surface area contributed by atoms with E-state index in [0.29, 0.717) is 104 Å². The predicted molar refractivity (Wildman–Crippen MR) is 167 cm³/mol. The molecule has 13 nitrogen and oxygen atoms in total. The van der Waals surface area contributed by atoms with Crippen LogP contribution in [0.4, 0.5) is 0 Å². The topological polar surface area (TPSA) is 175 Å². The molecule has 0 aliphatic heterocycles. The van der Waals surface area contributed by atoms with Crippen LogP contribution in [0, 0.1) is 0 Å². The van der Waals surface area contributed by atoms with Gasteiger partial charge in [0.05, 0.1) is 0 Å². The van der Waals surface area contributed by atoms with E-state index in [0.717, 1.165) is 0 Å². The SMILES string of the molecule is C.CCO.CCO[Si](OCC)(OCC)OCC.OCCCCO[Si](OCCCCO)(OCCCCO)OCCCCO. The molecule has 0 unspecified atom stereocenters. The molecule has 260 valence electrons. The number of unbranched alkanes of at least 4 members (excludes halogenated alkanes) is 4. The monoisotopic (exact) mass is 654 g/mol. The predicted octanol–water partition coefficient (Wildman–Crippen LogP) is 2.78. The summed E-state index contributed by atoms with van der Waals surface area (Å²) in [6.45, 7) is 13.6. The Balaban J connectivity index is -0.000000357. The van der Waals surface area contributed by atoms with Crippen molar-refractivity contribution in [1.82, 2.24) is 0 Å². The van der Waals surface area contributed by atoms with E-state index in [9.17, 15) is 0 Å². The lowest BCUT2D eigenvalue weighted by atomic mass is 10.3. The molecule has 0 spiro atoms. The minimum atomic E-state index is -3.32. The fourth-order valence-corrected chi connectivity index (χ4v) is 6.84. The second-order valence-corrected chi connectivity index (χ2v) is 12.5. The molecule has 0 radical (unpaired) electrons. The van der Waals surface area contributed by atoms with E-state index in [2.05, 4.69) is 0 Å². The van der Waals surface area contributed by atoms with Crippen molar-refractivity contribution in [3.63, 3.8) is 0 Å². The second-order valence-electron chi connectivity index (χ2n) is 8.16. The molecular weight excluding hydrogens is 588 g/mol. The first-order chi connectivity index (χ1) is 19.9. The molecule has 0 rings (SSSR count). The molecule has 0 aliphatic rings. The van der Waals surface area contributed by atoms with Crippen LogP contribution in [0.15, 0.2) is 0 Å². The Bertz CT molecular complexity index is 400. The largest absolute Gasteiger partial charge is 0.679 e. The lowest BCUT2D eigenvalue weighted by molar-refractivity contribution is -0.0388. The average Bonchev–Trinajstić information content (AvgIpc) is 2.95. The number of aliphatic hydroxyl groups is 5. The summed E-state index contributed by atoms with van der Waals surface area (Å²) in [6.07, 6.45) is 5.20. The van der Waals surface area contributed by atoms with E-state index >= 15 is 0 Å². The van der Waals surface area contributed by atoms with Gasteiger partial charge in [-0.25, -0.2) is 0 Å². The summed E-state index contributed by atoms with van der Waals surface area (Å²) < 4.78 is 45.1. The summed E-state index contributed by atoms with van der Waals surface area (Å²) >= 11 is 0. The first kappa shape index (κ1) is 48.8. The van der Waals surface area contributed by atoms with Gasteiger partial charge in [0.15, 0.2) is 0 Å². The number of aliphatic hydroxyl groups excluding tert-OH is 5. The van der Waals surface area contributed by atoms with Crippen LogP contribution in [0.1, 0.15) is 93.4 Å². The Morgan fingerprint density at radius 2 is 0.548 bits per heavy atom. The van der Waals surface area contributed by atoms with Crippen LogP contribution in [-0.4, -0.2) is 130 Å². The standard InChI is InChI=1S/C16H36O8Si.C8H20O4Si.C2H6O.CH4/c17-9-1-5-13-21-25(22-14-6-2-10-18,23-15-7-3-11-19)24-16-8-4-12-20;1-5-9-13(10-6-2,11-7-3)12-8-4;1-2-3;/h17-20H,1-16H2;5-8H2,1-4H3;3H,2H2,1H3;1H4. The van der Waals surface area contributed by atoms with Gasteiger partial charge in [0.1, 0.15) is 0 Å². The minimum Gasteiger partial charge on any atom is -0.397 e. The Hall–Kier alpha value is -0.0862. The highest BCUT2D eigenvalue weighted by Gasteiger charge is 2.46. The van der Waals surface area contributed by atoms with Crippen molar-refractivity contribution in [3.05, 3.63) is 0 Å². The van der Waals surface area contributed by atoms with Crippen molar-refractivity contribution in [2.75, 3.05) is 85.9 Å². The third kappa shape index (κ3) is 31.3. The van der Waals surface area contributed by atoms with Crippen LogP contribution in [0.3, 0.4) is 0 Å². The highest BCUT2D eigenvalue weighted by Crippen LogP contribution is 2.16. The highest BCUT2D eigenvalue weighted by molar-refractivity contribution is 6.53. The summed E-state index contributed by atoms with van der Waals surface area (Å²) in [5.41, 5.74) is 0. The Kier molecular flexibility index (Phi) is 45.3. The van der Waals surface area contributed by atoms with Gasteiger partial charge in [0.2, 0.25) is 0 Å². The lowest BCUT2D eigenvalue weighted by Gasteiger charge is -2.28. The minimum absolute atomic E-state index is 0. The molecule has 5 N–H and O–H groups in total. The van der Waals surface area contributed by atoms with Crippen LogP contribution in [0.25, 0.3) is 0 Å². The maximum atomic E-state index is 8.89. The third-order valence-corrected chi connectivity index (χ3v) is 9.41. The molecule has 0 atom stereocenters. The molecule has 0 heterocycles. The Morgan fingerprint density at radius 1 is 0.357 bits per heavy atom. The zero-order valence-electron chi connectivity index (χ0n) is 26.4. The average molecular weight is 655 g/mol. The molecule has 0 amide bonds. The summed E-state index contributed by atoms with van der Waals surface area (Å²) in [6, 6.07) is 0. The van der Waals surface area contributed by atoms with Crippen LogP contribution < -0.4 is 0 Å². The molecule has 0 aromatic heterocycles. The van der Waals surface area contributed by atoms with Crippen molar-refractivity contribution < 1.29 is 60.9 Å². The molecule has 0 saturated heterocycles. The van der Waals surface area contributed by atoms with Gasteiger partial charge in [-0.1, -0.05) is 7.43 Å². The molecule has 0 saturated carbocycles. The van der Waals surface area contributed by atoms with Crippen molar-refractivity contribution in [2.24, 2.45) is 0 Å². The Labute approximate surface area is 258 Å². The smallest absolute Gasteiger partial charge is 0.397 e. The van der Waals surface area contributed by atoms with Crippen molar-refractivity contribution in [1.29, 1.82) is 0 Å². The van der Waals surface area contributed by atoms with E-state index in [1.54, 1.807) is 6.92 Å². The van der Waals surface area contributed by atoms with E-state index in [4.69, 9.17) is 60.9 Å². The first-order valence-corrected chi connectivity index (χ1v) is 18.3.